The minimum atomic E-state index is 0.374. The predicted molar refractivity (Wildman–Crippen MR) is 60.2 cm³/mol. The summed E-state index contributed by atoms with van der Waals surface area (Å²) < 4.78 is 1.66. The second kappa shape index (κ2) is 3.96. The molecule has 0 bridgehead atoms. The number of para-hydroxylation sites is 1. The molecule has 4 nitrogen and oxygen atoms in total. The standard InChI is InChI=1S/C11H12N4/c1-14(10-5-3-2-4-6-10)11(12)15-8-7-13-9-15/h2-9,12H,1H3. The molecule has 0 radical (unpaired) electrons. The van der Waals surface area contributed by atoms with Crippen LogP contribution in [0.2, 0.25) is 0 Å². The molecular formula is C11H12N4. The first kappa shape index (κ1) is 9.45. The lowest BCUT2D eigenvalue weighted by molar-refractivity contribution is 1.03. The number of hydrogen-bond acceptors (Lipinski definition) is 2. The normalized spacial score (nSPS) is 9.93. The number of anilines is 1. The van der Waals surface area contributed by atoms with Crippen molar-refractivity contribution in [2.75, 3.05) is 11.9 Å². The summed E-state index contributed by atoms with van der Waals surface area (Å²) in [6.07, 6.45) is 5.02. The van der Waals surface area contributed by atoms with Gasteiger partial charge in [0.15, 0.2) is 0 Å². The zero-order chi connectivity index (χ0) is 10.7. The van der Waals surface area contributed by atoms with Crippen LogP contribution in [0.15, 0.2) is 49.1 Å². The average Bonchev–Trinajstić information content (AvgIpc) is 2.82. The number of imidazole rings is 1. The third-order valence-electron chi connectivity index (χ3n) is 2.21. The van der Waals surface area contributed by atoms with Crippen molar-refractivity contribution in [3.8, 4) is 0 Å². The molecule has 1 N–H and O–H groups in total. The summed E-state index contributed by atoms with van der Waals surface area (Å²) in [6.45, 7) is 0. The van der Waals surface area contributed by atoms with Crippen molar-refractivity contribution in [3.63, 3.8) is 0 Å². The van der Waals surface area contributed by atoms with E-state index in [0.29, 0.717) is 5.96 Å². The number of rotatable bonds is 1. The van der Waals surface area contributed by atoms with Gasteiger partial charge in [0, 0.05) is 25.1 Å². The van der Waals surface area contributed by atoms with E-state index in [2.05, 4.69) is 4.98 Å². The average molecular weight is 200 g/mol. The molecule has 0 atom stereocenters. The molecular weight excluding hydrogens is 188 g/mol. The van der Waals surface area contributed by atoms with Crippen LogP contribution in [0.4, 0.5) is 5.69 Å². The molecule has 0 fully saturated rings. The third kappa shape index (κ3) is 1.88. The van der Waals surface area contributed by atoms with Gasteiger partial charge in [0.2, 0.25) is 5.96 Å². The van der Waals surface area contributed by atoms with E-state index in [9.17, 15) is 0 Å². The lowest BCUT2D eigenvalue weighted by atomic mass is 10.3. The SMILES string of the molecule is CN(C(=N)n1ccnc1)c1ccccc1. The fourth-order valence-corrected chi connectivity index (χ4v) is 1.33. The van der Waals surface area contributed by atoms with Crippen molar-refractivity contribution in [3.05, 3.63) is 49.1 Å². The van der Waals surface area contributed by atoms with Gasteiger partial charge in [0.1, 0.15) is 6.33 Å². The van der Waals surface area contributed by atoms with Crippen LogP contribution < -0.4 is 4.90 Å². The molecule has 1 heterocycles. The Labute approximate surface area is 88.3 Å². The smallest absolute Gasteiger partial charge is 0.207 e. The van der Waals surface area contributed by atoms with Crippen molar-refractivity contribution in [1.29, 1.82) is 5.41 Å². The molecule has 1 aromatic heterocycles. The summed E-state index contributed by atoms with van der Waals surface area (Å²) >= 11 is 0. The van der Waals surface area contributed by atoms with E-state index in [0.717, 1.165) is 5.69 Å². The van der Waals surface area contributed by atoms with Gasteiger partial charge in [0.25, 0.3) is 0 Å². The van der Waals surface area contributed by atoms with Gasteiger partial charge in [-0.05, 0) is 12.1 Å². The monoisotopic (exact) mass is 200 g/mol. The fourth-order valence-electron chi connectivity index (χ4n) is 1.33. The summed E-state index contributed by atoms with van der Waals surface area (Å²) in [7, 11) is 1.86. The Hall–Kier alpha value is -2.10. The van der Waals surface area contributed by atoms with Crippen LogP contribution in [0.5, 0.6) is 0 Å². The fraction of sp³-hybridized carbons (Fsp3) is 0.0909. The highest BCUT2D eigenvalue weighted by Gasteiger charge is 2.07. The van der Waals surface area contributed by atoms with Crippen LogP contribution in [0.25, 0.3) is 0 Å². The van der Waals surface area contributed by atoms with Crippen LogP contribution in [-0.2, 0) is 0 Å². The van der Waals surface area contributed by atoms with Gasteiger partial charge in [-0.2, -0.15) is 0 Å². The molecule has 2 aromatic rings. The lowest BCUT2D eigenvalue weighted by Crippen LogP contribution is -2.30. The van der Waals surface area contributed by atoms with E-state index < -0.39 is 0 Å². The number of nitrogens with zero attached hydrogens (tertiary/aromatic N) is 3. The van der Waals surface area contributed by atoms with Gasteiger partial charge in [0.05, 0.1) is 0 Å². The molecule has 0 saturated carbocycles. The Bertz CT molecular complexity index is 433. The van der Waals surface area contributed by atoms with Crippen molar-refractivity contribution in [2.45, 2.75) is 0 Å². The summed E-state index contributed by atoms with van der Waals surface area (Å²) in [6, 6.07) is 9.79. The zero-order valence-electron chi connectivity index (χ0n) is 8.46. The van der Waals surface area contributed by atoms with Gasteiger partial charge in [-0.1, -0.05) is 18.2 Å². The molecule has 2 rings (SSSR count). The Kier molecular flexibility index (Phi) is 2.49. The van der Waals surface area contributed by atoms with Crippen LogP contribution in [0, 0.1) is 5.41 Å². The van der Waals surface area contributed by atoms with Crippen molar-refractivity contribution in [2.24, 2.45) is 0 Å². The van der Waals surface area contributed by atoms with E-state index in [1.165, 1.54) is 0 Å². The van der Waals surface area contributed by atoms with Gasteiger partial charge in [-0.3, -0.25) is 9.98 Å². The first-order valence-electron chi connectivity index (χ1n) is 4.64. The molecule has 0 aliphatic rings. The molecule has 4 heteroatoms. The molecule has 0 amide bonds. The Morgan fingerprint density at radius 3 is 2.67 bits per heavy atom. The van der Waals surface area contributed by atoms with E-state index >= 15 is 0 Å². The van der Waals surface area contributed by atoms with E-state index in [1.54, 1.807) is 28.2 Å². The summed E-state index contributed by atoms with van der Waals surface area (Å²) in [5.41, 5.74) is 0.983. The van der Waals surface area contributed by atoms with Gasteiger partial charge in [-0.25, -0.2) is 4.98 Å². The maximum atomic E-state index is 7.94. The summed E-state index contributed by atoms with van der Waals surface area (Å²) in [5, 5.41) is 7.94. The third-order valence-corrected chi connectivity index (χ3v) is 2.21. The number of nitrogens with one attached hydrogen (secondary N) is 1. The molecule has 15 heavy (non-hydrogen) atoms. The van der Waals surface area contributed by atoms with Crippen LogP contribution >= 0.6 is 0 Å². The second-order valence-corrected chi connectivity index (χ2v) is 3.19. The van der Waals surface area contributed by atoms with Crippen molar-refractivity contribution < 1.29 is 0 Å². The van der Waals surface area contributed by atoms with Crippen LogP contribution in [-0.4, -0.2) is 22.6 Å². The molecule has 76 valence electrons. The Morgan fingerprint density at radius 2 is 2.07 bits per heavy atom. The summed E-state index contributed by atoms with van der Waals surface area (Å²) in [5.74, 6) is 0.374. The molecule has 0 aliphatic carbocycles. The topological polar surface area (TPSA) is 44.9 Å². The van der Waals surface area contributed by atoms with Crippen LogP contribution in [0.1, 0.15) is 0 Å². The highest BCUT2D eigenvalue weighted by molar-refractivity contribution is 5.94. The lowest BCUT2D eigenvalue weighted by Gasteiger charge is -2.19. The van der Waals surface area contributed by atoms with Gasteiger partial charge < -0.3 is 4.90 Å². The van der Waals surface area contributed by atoms with E-state index in [1.807, 2.05) is 37.4 Å². The predicted octanol–water partition coefficient (Wildman–Crippen LogP) is 1.80. The van der Waals surface area contributed by atoms with Crippen molar-refractivity contribution >= 4 is 11.6 Å². The number of aromatic nitrogens is 2. The molecule has 1 aromatic carbocycles. The Balaban J connectivity index is 2.23. The molecule has 0 saturated heterocycles. The molecule has 0 spiro atoms. The zero-order valence-corrected chi connectivity index (χ0v) is 8.46. The van der Waals surface area contributed by atoms with Gasteiger partial charge in [-0.15, -0.1) is 0 Å². The second-order valence-electron chi connectivity index (χ2n) is 3.19. The van der Waals surface area contributed by atoms with Crippen LogP contribution in [0.3, 0.4) is 0 Å². The number of benzene rings is 1. The highest BCUT2D eigenvalue weighted by atomic mass is 15.3. The van der Waals surface area contributed by atoms with E-state index in [4.69, 9.17) is 5.41 Å². The minimum absolute atomic E-state index is 0.374. The molecule has 0 unspecified atom stereocenters. The summed E-state index contributed by atoms with van der Waals surface area (Å²) in [4.78, 5) is 5.71. The van der Waals surface area contributed by atoms with Gasteiger partial charge >= 0.3 is 0 Å². The first-order valence-corrected chi connectivity index (χ1v) is 4.64. The maximum absolute atomic E-state index is 7.94. The van der Waals surface area contributed by atoms with Crippen molar-refractivity contribution in [1.82, 2.24) is 9.55 Å². The largest absolute Gasteiger partial charge is 0.315 e. The van der Waals surface area contributed by atoms with E-state index in [-0.39, 0.29) is 0 Å². The molecule has 0 aliphatic heterocycles. The minimum Gasteiger partial charge on any atom is -0.315 e. The maximum Gasteiger partial charge on any atom is 0.207 e. The Morgan fingerprint density at radius 1 is 1.33 bits per heavy atom. The first-order chi connectivity index (χ1) is 7.29. The highest BCUT2D eigenvalue weighted by Crippen LogP contribution is 2.11. The number of hydrogen-bond donors (Lipinski definition) is 1. The quantitative estimate of drug-likeness (QED) is 0.563.